The van der Waals surface area contributed by atoms with Gasteiger partial charge in [0, 0.05) is 11.1 Å². The van der Waals surface area contributed by atoms with Crippen molar-refractivity contribution in [2.24, 2.45) is 0 Å². The molecule has 114 valence electrons. The number of phenols is 1. The molecule has 2 rings (SSSR count). The third kappa shape index (κ3) is 3.09. The molecular formula is C17H16O5. The van der Waals surface area contributed by atoms with Gasteiger partial charge in [-0.3, -0.25) is 4.79 Å². The maximum absolute atomic E-state index is 12.6. The Kier molecular flexibility index (Phi) is 4.78. The molecule has 5 heteroatoms. The van der Waals surface area contributed by atoms with Gasteiger partial charge >= 0.3 is 5.97 Å². The minimum absolute atomic E-state index is 0.0605. The Bertz CT molecular complexity index is 692. The van der Waals surface area contributed by atoms with Crippen molar-refractivity contribution in [2.75, 3.05) is 13.7 Å². The second-order valence-corrected chi connectivity index (χ2v) is 4.49. The molecule has 0 unspecified atom stereocenters. The average molecular weight is 300 g/mol. The first kappa shape index (κ1) is 15.6. The number of hydrogen-bond donors (Lipinski definition) is 1. The zero-order valence-corrected chi connectivity index (χ0v) is 12.3. The van der Waals surface area contributed by atoms with E-state index in [2.05, 4.69) is 0 Å². The molecule has 2 aromatic carbocycles. The Hall–Kier alpha value is -2.82. The molecule has 0 fully saturated rings. The van der Waals surface area contributed by atoms with E-state index < -0.39 is 5.97 Å². The van der Waals surface area contributed by atoms with Crippen LogP contribution in [0.4, 0.5) is 0 Å². The van der Waals surface area contributed by atoms with Crippen LogP contribution in [0.1, 0.15) is 33.2 Å². The Morgan fingerprint density at radius 3 is 2.36 bits per heavy atom. The third-order valence-electron chi connectivity index (χ3n) is 3.09. The SMILES string of the molecule is CCOC(=O)c1cc(OC)c(O)cc1C(=O)c1ccccc1. The molecule has 1 N–H and O–H groups in total. The van der Waals surface area contributed by atoms with E-state index in [-0.39, 0.29) is 35.0 Å². The van der Waals surface area contributed by atoms with Crippen molar-refractivity contribution in [1.29, 1.82) is 0 Å². The zero-order valence-electron chi connectivity index (χ0n) is 12.3. The van der Waals surface area contributed by atoms with E-state index in [9.17, 15) is 14.7 Å². The van der Waals surface area contributed by atoms with E-state index in [1.54, 1.807) is 37.3 Å². The lowest BCUT2D eigenvalue weighted by molar-refractivity contribution is 0.0523. The molecule has 0 aromatic heterocycles. The maximum Gasteiger partial charge on any atom is 0.339 e. The smallest absolute Gasteiger partial charge is 0.339 e. The van der Waals surface area contributed by atoms with Crippen molar-refractivity contribution in [3.8, 4) is 11.5 Å². The van der Waals surface area contributed by atoms with Crippen LogP contribution in [0.15, 0.2) is 42.5 Å². The first-order valence-corrected chi connectivity index (χ1v) is 6.76. The highest BCUT2D eigenvalue weighted by Crippen LogP contribution is 2.31. The van der Waals surface area contributed by atoms with Crippen LogP contribution in [-0.4, -0.2) is 30.6 Å². The summed E-state index contributed by atoms with van der Waals surface area (Å²) in [5.74, 6) is -1.12. The van der Waals surface area contributed by atoms with Gasteiger partial charge in [0.05, 0.1) is 19.3 Å². The molecule has 0 spiro atoms. The molecule has 0 atom stereocenters. The summed E-state index contributed by atoms with van der Waals surface area (Å²) >= 11 is 0. The van der Waals surface area contributed by atoms with Crippen LogP contribution < -0.4 is 4.74 Å². The first-order chi connectivity index (χ1) is 10.6. The van der Waals surface area contributed by atoms with Crippen LogP contribution in [0, 0.1) is 0 Å². The van der Waals surface area contributed by atoms with E-state index in [0.29, 0.717) is 5.56 Å². The first-order valence-electron chi connectivity index (χ1n) is 6.76. The molecule has 0 aliphatic heterocycles. The van der Waals surface area contributed by atoms with E-state index >= 15 is 0 Å². The highest BCUT2D eigenvalue weighted by atomic mass is 16.5. The third-order valence-corrected chi connectivity index (χ3v) is 3.09. The predicted octanol–water partition coefficient (Wildman–Crippen LogP) is 2.81. The van der Waals surface area contributed by atoms with Crippen molar-refractivity contribution in [1.82, 2.24) is 0 Å². The van der Waals surface area contributed by atoms with E-state index in [0.717, 1.165) is 0 Å². The fourth-order valence-electron chi connectivity index (χ4n) is 2.04. The molecule has 0 saturated carbocycles. The molecule has 5 nitrogen and oxygen atoms in total. The number of esters is 1. The van der Waals surface area contributed by atoms with Crippen LogP contribution in [0.3, 0.4) is 0 Å². The van der Waals surface area contributed by atoms with Crippen molar-refractivity contribution >= 4 is 11.8 Å². The second-order valence-electron chi connectivity index (χ2n) is 4.49. The normalized spacial score (nSPS) is 10.1. The summed E-state index contributed by atoms with van der Waals surface area (Å²) in [7, 11) is 1.36. The summed E-state index contributed by atoms with van der Waals surface area (Å²) in [5, 5.41) is 9.89. The lowest BCUT2D eigenvalue weighted by Gasteiger charge is -2.11. The van der Waals surface area contributed by atoms with Crippen molar-refractivity contribution < 1.29 is 24.2 Å². The molecule has 0 aliphatic rings. The van der Waals surface area contributed by atoms with Gasteiger partial charge in [0.1, 0.15) is 0 Å². The number of ether oxygens (including phenoxy) is 2. The van der Waals surface area contributed by atoms with Gasteiger partial charge in [-0.1, -0.05) is 30.3 Å². The molecule has 0 radical (unpaired) electrons. The Morgan fingerprint density at radius 2 is 1.77 bits per heavy atom. The molecule has 0 saturated heterocycles. The number of rotatable bonds is 5. The van der Waals surface area contributed by atoms with Gasteiger partial charge in [0.15, 0.2) is 17.3 Å². The van der Waals surface area contributed by atoms with Crippen molar-refractivity contribution in [3.63, 3.8) is 0 Å². The number of aromatic hydroxyl groups is 1. The fourth-order valence-corrected chi connectivity index (χ4v) is 2.04. The molecule has 22 heavy (non-hydrogen) atoms. The predicted molar refractivity (Wildman–Crippen MR) is 80.5 cm³/mol. The van der Waals surface area contributed by atoms with Gasteiger partial charge in [-0.05, 0) is 19.1 Å². The summed E-state index contributed by atoms with van der Waals surface area (Å²) in [4.78, 5) is 24.6. The quantitative estimate of drug-likeness (QED) is 0.679. The topological polar surface area (TPSA) is 72.8 Å². The highest BCUT2D eigenvalue weighted by molar-refractivity contribution is 6.15. The standard InChI is InChI=1S/C17H16O5/c1-3-22-17(20)13-10-15(21-2)14(18)9-12(13)16(19)11-7-5-4-6-8-11/h4-10,18H,3H2,1-2H3. The van der Waals surface area contributed by atoms with Gasteiger partial charge in [0.2, 0.25) is 0 Å². The summed E-state index contributed by atoms with van der Waals surface area (Å²) in [6.07, 6.45) is 0. The number of methoxy groups -OCH3 is 1. The fraction of sp³-hybridized carbons (Fsp3) is 0.176. The molecule has 0 bridgehead atoms. The minimum Gasteiger partial charge on any atom is -0.504 e. The van der Waals surface area contributed by atoms with Crippen LogP contribution in [0.2, 0.25) is 0 Å². The van der Waals surface area contributed by atoms with Crippen LogP contribution in [-0.2, 0) is 4.74 Å². The van der Waals surface area contributed by atoms with Crippen LogP contribution >= 0.6 is 0 Å². The summed E-state index contributed by atoms with van der Waals surface area (Å²) in [5.41, 5.74) is 0.547. The number of carbonyl (C=O) groups is 2. The van der Waals surface area contributed by atoms with Gasteiger partial charge in [-0.2, -0.15) is 0 Å². The number of phenolic OH excluding ortho intramolecular Hbond substituents is 1. The van der Waals surface area contributed by atoms with Gasteiger partial charge in [-0.15, -0.1) is 0 Å². The Balaban J connectivity index is 2.56. The molecule has 0 aliphatic carbocycles. The summed E-state index contributed by atoms with van der Waals surface area (Å²) in [6, 6.07) is 11.0. The van der Waals surface area contributed by atoms with Crippen molar-refractivity contribution in [2.45, 2.75) is 6.92 Å². The number of carbonyl (C=O) groups excluding carboxylic acids is 2. The summed E-state index contributed by atoms with van der Waals surface area (Å²) < 4.78 is 9.95. The lowest BCUT2D eigenvalue weighted by atomic mass is 9.97. The zero-order chi connectivity index (χ0) is 16.1. The van der Waals surface area contributed by atoms with Gasteiger partial charge < -0.3 is 14.6 Å². The largest absolute Gasteiger partial charge is 0.504 e. The summed E-state index contributed by atoms with van der Waals surface area (Å²) in [6.45, 7) is 1.86. The maximum atomic E-state index is 12.6. The van der Waals surface area contributed by atoms with E-state index in [1.807, 2.05) is 0 Å². The van der Waals surface area contributed by atoms with Gasteiger partial charge in [-0.25, -0.2) is 4.79 Å². The number of benzene rings is 2. The lowest BCUT2D eigenvalue weighted by Crippen LogP contribution is -2.13. The van der Waals surface area contributed by atoms with E-state index in [4.69, 9.17) is 9.47 Å². The molecule has 2 aromatic rings. The van der Waals surface area contributed by atoms with Crippen LogP contribution in [0.25, 0.3) is 0 Å². The highest BCUT2D eigenvalue weighted by Gasteiger charge is 2.22. The molecular weight excluding hydrogens is 284 g/mol. The van der Waals surface area contributed by atoms with Crippen LogP contribution in [0.5, 0.6) is 11.5 Å². The van der Waals surface area contributed by atoms with Crippen molar-refractivity contribution in [3.05, 3.63) is 59.2 Å². The average Bonchev–Trinajstić information content (AvgIpc) is 2.55. The molecule has 0 amide bonds. The van der Waals surface area contributed by atoms with Gasteiger partial charge in [0.25, 0.3) is 0 Å². The van der Waals surface area contributed by atoms with E-state index in [1.165, 1.54) is 19.2 Å². The minimum atomic E-state index is -0.639. The Morgan fingerprint density at radius 1 is 1.09 bits per heavy atom. The monoisotopic (exact) mass is 300 g/mol. The number of ketones is 1. The second kappa shape index (κ2) is 6.76. The Labute approximate surface area is 128 Å². The molecule has 0 heterocycles. The number of hydrogen-bond acceptors (Lipinski definition) is 5.